The highest BCUT2D eigenvalue weighted by Crippen LogP contribution is 2.25. The Morgan fingerprint density at radius 3 is 1.84 bits per heavy atom. The van der Waals surface area contributed by atoms with Gasteiger partial charge in [0.1, 0.15) is 0 Å². The molecule has 2 atom stereocenters. The molecule has 0 aromatic rings. The van der Waals surface area contributed by atoms with Gasteiger partial charge in [-0.25, -0.2) is 0 Å². The molecule has 0 aliphatic heterocycles. The average molecular weight is 264 g/mol. The number of unbranched alkanes of at least 4 members (excludes halogenated alkanes) is 2. The predicted octanol–water partition coefficient (Wildman–Crippen LogP) is 6.77. The van der Waals surface area contributed by atoms with Gasteiger partial charge in [0, 0.05) is 0 Å². The quantitative estimate of drug-likeness (QED) is 0.254. The molecular formula is C19H36. The van der Waals surface area contributed by atoms with E-state index in [1.807, 2.05) is 0 Å². The van der Waals surface area contributed by atoms with Gasteiger partial charge in [0.25, 0.3) is 0 Å². The molecule has 0 saturated carbocycles. The summed E-state index contributed by atoms with van der Waals surface area (Å²) in [5.74, 6) is 1.86. The van der Waals surface area contributed by atoms with Crippen molar-refractivity contribution in [2.45, 2.75) is 84.5 Å². The van der Waals surface area contributed by atoms with Crippen LogP contribution in [0, 0.1) is 25.7 Å². The van der Waals surface area contributed by atoms with Gasteiger partial charge in [-0.1, -0.05) is 84.8 Å². The van der Waals surface area contributed by atoms with Crippen molar-refractivity contribution in [2.24, 2.45) is 11.8 Å². The van der Waals surface area contributed by atoms with Crippen LogP contribution in [0.15, 0.2) is 12.2 Å². The molecule has 2 radical (unpaired) electrons. The van der Waals surface area contributed by atoms with E-state index in [9.17, 15) is 0 Å². The van der Waals surface area contributed by atoms with Gasteiger partial charge in [0.15, 0.2) is 0 Å². The van der Waals surface area contributed by atoms with Gasteiger partial charge in [-0.2, -0.15) is 0 Å². The zero-order chi connectivity index (χ0) is 14.3. The summed E-state index contributed by atoms with van der Waals surface area (Å²) in [5, 5.41) is 0. The highest BCUT2D eigenvalue weighted by molar-refractivity contribution is 4.81. The Hall–Kier alpha value is -0.260. The van der Waals surface area contributed by atoms with Crippen LogP contribution in [0.3, 0.4) is 0 Å². The lowest BCUT2D eigenvalue weighted by Crippen LogP contribution is -2.05. The first-order valence-corrected chi connectivity index (χ1v) is 8.51. The predicted molar refractivity (Wildman–Crippen MR) is 89.0 cm³/mol. The molecule has 0 aromatic carbocycles. The molecular weight excluding hydrogens is 228 g/mol. The number of allylic oxidation sites excluding steroid dienone is 2. The lowest BCUT2D eigenvalue weighted by Gasteiger charge is -2.19. The van der Waals surface area contributed by atoms with E-state index >= 15 is 0 Å². The first-order valence-electron chi connectivity index (χ1n) is 8.51. The van der Waals surface area contributed by atoms with E-state index in [0.29, 0.717) is 0 Å². The Morgan fingerprint density at radius 1 is 0.737 bits per heavy atom. The summed E-state index contributed by atoms with van der Waals surface area (Å²) >= 11 is 0. The molecule has 0 heterocycles. The third-order valence-electron chi connectivity index (χ3n) is 4.27. The summed E-state index contributed by atoms with van der Waals surface area (Å²) in [5.41, 5.74) is 0. The fourth-order valence-electron chi connectivity index (χ4n) is 2.74. The first-order chi connectivity index (χ1) is 9.28. The minimum absolute atomic E-state index is 0.920. The fraction of sp³-hybridized carbons (Fsp3) is 0.789. The molecule has 0 aliphatic carbocycles. The van der Waals surface area contributed by atoms with Crippen molar-refractivity contribution in [2.75, 3.05) is 0 Å². The standard InChI is InChI=1S/C19H36/c1-5-9-10-11-12-13-15-19(8-4)17-16-18(7-3)14-6-2/h10-11,18-19H,1-2,5-9,12-17H2,3-4H3/b11-10+. The second-order valence-electron chi connectivity index (χ2n) is 5.81. The van der Waals surface area contributed by atoms with Crippen molar-refractivity contribution in [3.05, 3.63) is 26.0 Å². The van der Waals surface area contributed by atoms with Crippen LogP contribution in [0.4, 0.5) is 0 Å². The summed E-state index contributed by atoms with van der Waals surface area (Å²) in [6.07, 6.45) is 18.8. The van der Waals surface area contributed by atoms with Crippen LogP contribution in [-0.4, -0.2) is 0 Å². The van der Waals surface area contributed by atoms with Gasteiger partial charge < -0.3 is 0 Å². The summed E-state index contributed by atoms with van der Waals surface area (Å²) in [7, 11) is 0. The van der Waals surface area contributed by atoms with Crippen LogP contribution in [0.5, 0.6) is 0 Å². The third-order valence-corrected chi connectivity index (χ3v) is 4.27. The van der Waals surface area contributed by atoms with Gasteiger partial charge in [-0.05, 0) is 37.5 Å². The molecule has 0 bridgehead atoms. The van der Waals surface area contributed by atoms with Crippen molar-refractivity contribution in [1.29, 1.82) is 0 Å². The van der Waals surface area contributed by atoms with Crippen LogP contribution < -0.4 is 0 Å². The van der Waals surface area contributed by atoms with Crippen molar-refractivity contribution in [1.82, 2.24) is 0 Å². The van der Waals surface area contributed by atoms with Crippen molar-refractivity contribution >= 4 is 0 Å². The van der Waals surface area contributed by atoms with Gasteiger partial charge in [0.2, 0.25) is 0 Å². The van der Waals surface area contributed by atoms with E-state index in [1.54, 1.807) is 0 Å². The summed E-state index contributed by atoms with van der Waals surface area (Å²) in [6, 6.07) is 0. The second-order valence-corrected chi connectivity index (χ2v) is 5.81. The molecule has 0 heteroatoms. The monoisotopic (exact) mass is 264 g/mol. The van der Waals surface area contributed by atoms with Crippen molar-refractivity contribution in [3.8, 4) is 0 Å². The SMILES string of the molecule is [CH2]CC/C=C/CCCC(CC)CCC(CC)CC[CH2]. The van der Waals surface area contributed by atoms with E-state index in [1.165, 1.54) is 51.4 Å². The van der Waals surface area contributed by atoms with E-state index < -0.39 is 0 Å². The second kappa shape index (κ2) is 14.2. The van der Waals surface area contributed by atoms with E-state index in [-0.39, 0.29) is 0 Å². The Morgan fingerprint density at radius 2 is 1.32 bits per heavy atom. The molecule has 0 fully saturated rings. The largest absolute Gasteiger partial charge is 0.0885 e. The van der Waals surface area contributed by atoms with E-state index in [2.05, 4.69) is 39.8 Å². The highest BCUT2D eigenvalue weighted by Gasteiger charge is 2.10. The Balaban J connectivity index is 3.69. The average Bonchev–Trinajstić information content (AvgIpc) is 2.44. The maximum atomic E-state index is 3.99. The van der Waals surface area contributed by atoms with Crippen LogP contribution >= 0.6 is 0 Å². The molecule has 0 spiro atoms. The van der Waals surface area contributed by atoms with Crippen molar-refractivity contribution in [3.63, 3.8) is 0 Å². The number of rotatable bonds is 13. The number of hydrogen-bond donors (Lipinski definition) is 0. The molecule has 112 valence electrons. The van der Waals surface area contributed by atoms with E-state index in [4.69, 9.17) is 0 Å². The molecule has 0 rings (SSSR count). The summed E-state index contributed by atoms with van der Waals surface area (Å²) in [6.45, 7) is 12.5. The third kappa shape index (κ3) is 11.3. The van der Waals surface area contributed by atoms with E-state index in [0.717, 1.165) is 31.1 Å². The molecule has 0 N–H and O–H groups in total. The molecule has 0 aromatic heterocycles. The lowest BCUT2D eigenvalue weighted by molar-refractivity contribution is 0.345. The summed E-state index contributed by atoms with van der Waals surface area (Å²) in [4.78, 5) is 0. The van der Waals surface area contributed by atoms with Crippen molar-refractivity contribution < 1.29 is 0 Å². The number of hydrogen-bond acceptors (Lipinski definition) is 0. The molecule has 0 aliphatic rings. The topological polar surface area (TPSA) is 0 Å². The Bertz CT molecular complexity index is 192. The molecule has 0 nitrogen and oxygen atoms in total. The smallest absolute Gasteiger partial charge is 0.0351 e. The van der Waals surface area contributed by atoms with Gasteiger partial charge in [-0.15, -0.1) is 0 Å². The minimum atomic E-state index is 0.920. The lowest BCUT2D eigenvalue weighted by atomic mass is 9.87. The molecule has 19 heavy (non-hydrogen) atoms. The van der Waals surface area contributed by atoms with Crippen LogP contribution in [0.2, 0.25) is 0 Å². The molecule has 0 amide bonds. The van der Waals surface area contributed by atoms with Crippen LogP contribution in [-0.2, 0) is 0 Å². The maximum Gasteiger partial charge on any atom is -0.0351 e. The van der Waals surface area contributed by atoms with Gasteiger partial charge in [-0.3, -0.25) is 0 Å². The maximum absolute atomic E-state index is 3.99. The minimum Gasteiger partial charge on any atom is -0.0885 e. The van der Waals surface area contributed by atoms with Crippen LogP contribution in [0.25, 0.3) is 0 Å². The molecule has 2 unspecified atom stereocenters. The highest BCUT2D eigenvalue weighted by atomic mass is 14.2. The fourth-order valence-corrected chi connectivity index (χ4v) is 2.74. The van der Waals surface area contributed by atoms with Crippen LogP contribution in [0.1, 0.15) is 84.5 Å². The normalized spacial score (nSPS) is 14.9. The summed E-state index contributed by atoms with van der Waals surface area (Å²) < 4.78 is 0. The zero-order valence-electron chi connectivity index (χ0n) is 13.5. The Labute approximate surface area is 123 Å². The first kappa shape index (κ1) is 18.7. The molecule has 0 saturated heterocycles. The Kier molecular flexibility index (Phi) is 14.0. The zero-order valence-corrected chi connectivity index (χ0v) is 13.5. The van der Waals surface area contributed by atoms with Gasteiger partial charge in [0.05, 0.1) is 0 Å². The van der Waals surface area contributed by atoms with Gasteiger partial charge >= 0.3 is 0 Å².